The predicted molar refractivity (Wildman–Crippen MR) is 71.9 cm³/mol. The molecule has 2 nitrogen and oxygen atoms in total. The van der Waals surface area contributed by atoms with Gasteiger partial charge in [0.15, 0.2) is 0 Å². The highest BCUT2D eigenvalue weighted by Gasteiger charge is 2.09. The van der Waals surface area contributed by atoms with Gasteiger partial charge in [-0.3, -0.25) is 0 Å². The zero-order chi connectivity index (χ0) is 11.4. The molecule has 1 aliphatic heterocycles. The van der Waals surface area contributed by atoms with E-state index in [2.05, 4.69) is 51.3 Å². The molecule has 0 radical (unpaired) electrons. The lowest BCUT2D eigenvalue weighted by Gasteiger charge is -2.27. The molecule has 2 rings (SSSR count). The molecule has 0 amide bonds. The first kappa shape index (κ1) is 12.1. The maximum absolute atomic E-state index is 3.51. The first-order chi connectivity index (χ1) is 7.75. The van der Waals surface area contributed by atoms with E-state index in [1.54, 1.807) is 0 Å². The van der Waals surface area contributed by atoms with Gasteiger partial charge in [0.1, 0.15) is 0 Å². The van der Waals surface area contributed by atoms with Crippen LogP contribution in [-0.2, 0) is 6.42 Å². The number of halogens is 1. The predicted octanol–water partition coefficient (Wildman–Crippen LogP) is 2.21. The van der Waals surface area contributed by atoms with Gasteiger partial charge in [-0.15, -0.1) is 0 Å². The van der Waals surface area contributed by atoms with Crippen molar-refractivity contribution in [2.45, 2.75) is 13.3 Å². The molecule has 16 heavy (non-hydrogen) atoms. The van der Waals surface area contributed by atoms with Crippen molar-refractivity contribution >= 4 is 15.9 Å². The van der Waals surface area contributed by atoms with Crippen LogP contribution >= 0.6 is 15.9 Å². The van der Waals surface area contributed by atoms with Crippen LogP contribution in [0.15, 0.2) is 22.7 Å². The molecule has 1 N–H and O–H groups in total. The molecule has 3 heteroatoms. The summed E-state index contributed by atoms with van der Waals surface area (Å²) in [5, 5.41) is 3.38. The Labute approximate surface area is 106 Å². The van der Waals surface area contributed by atoms with E-state index in [1.807, 2.05) is 0 Å². The van der Waals surface area contributed by atoms with Crippen LogP contribution in [0, 0.1) is 6.92 Å². The van der Waals surface area contributed by atoms with Gasteiger partial charge in [0, 0.05) is 37.2 Å². The van der Waals surface area contributed by atoms with Gasteiger partial charge in [-0.1, -0.05) is 22.0 Å². The van der Waals surface area contributed by atoms with Crippen molar-refractivity contribution in [1.82, 2.24) is 10.2 Å². The normalized spacial score (nSPS) is 17.6. The summed E-state index contributed by atoms with van der Waals surface area (Å²) < 4.78 is 1.18. The second-order valence-corrected chi connectivity index (χ2v) is 5.33. The van der Waals surface area contributed by atoms with Gasteiger partial charge >= 0.3 is 0 Å². The van der Waals surface area contributed by atoms with E-state index in [9.17, 15) is 0 Å². The average Bonchev–Trinajstić information content (AvgIpc) is 2.29. The number of hydrogen-bond acceptors (Lipinski definition) is 2. The molecule has 1 heterocycles. The van der Waals surface area contributed by atoms with Crippen LogP contribution in [0.1, 0.15) is 11.1 Å². The van der Waals surface area contributed by atoms with Gasteiger partial charge in [0.25, 0.3) is 0 Å². The lowest BCUT2D eigenvalue weighted by molar-refractivity contribution is 0.244. The van der Waals surface area contributed by atoms with E-state index >= 15 is 0 Å². The summed E-state index contributed by atoms with van der Waals surface area (Å²) in [7, 11) is 0. The van der Waals surface area contributed by atoms with Crippen LogP contribution in [-0.4, -0.2) is 37.6 Å². The largest absolute Gasteiger partial charge is 0.314 e. The molecule has 0 aromatic heterocycles. The molecule has 0 spiro atoms. The van der Waals surface area contributed by atoms with Crippen LogP contribution in [0.25, 0.3) is 0 Å². The highest BCUT2D eigenvalue weighted by molar-refractivity contribution is 9.10. The topological polar surface area (TPSA) is 15.3 Å². The van der Waals surface area contributed by atoms with E-state index in [0.717, 1.165) is 13.1 Å². The Bertz CT molecular complexity index is 346. The van der Waals surface area contributed by atoms with Crippen LogP contribution < -0.4 is 5.32 Å². The minimum atomic E-state index is 1.14. The fourth-order valence-electron chi connectivity index (χ4n) is 2.15. The van der Waals surface area contributed by atoms with Crippen molar-refractivity contribution in [3.63, 3.8) is 0 Å². The molecule has 0 saturated carbocycles. The first-order valence-corrected chi connectivity index (χ1v) is 6.73. The molecule has 1 saturated heterocycles. The van der Waals surface area contributed by atoms with Gasteiger partial charge in [-0.25, -0.2) is 0 Å². The van der Waals surface area contributed by atoms with Crippen molar-refractivity contribution in [1.29, 1.82) is 0 Å². The smallest absolute Gasteiger partial charge is 0.0178 e. The molecular weight excluding hydrogens is 264 g/mol. The molecule has 0 aliphatic carbocycles. The number of rotatable bonds is 3. The average molecular weight is 283 g/mol. The minimum Gasteiger partial charge on any atom is -0.314 e. The molecule has 0 bridgehead atoms. The fourth-order valence-corrected chi connectivity index (χ4v) is 2.63. The SMILES string of the molecule is Cc1cc(Br)ccc1CCN1CCNCC1. The zero-order valence-electron chi connectivity index (χ0n) is 9.80. The molecule has 1 aliphatic rings. The van der Waals surface area contributed by atoms with Crippen molar-refractivity contribution in [3.8, 4) is 0 Å². The van der Waals surface area contributed by atoms with Gasteiger partial charge in [-0.2, -0.15) is 0 Å². The van der Waals surface area contributed by atoms with E-state index in [4.69, 9.17) is 0 Å². The molecule has 1 fully saturated rings. The third kappa shape index (κ3) is 3.30. The van der Waals surface area contributed by atoms with E-state index in [0.29, 0.717) is 0 Å². The van der Waals surface area contributed by atoms with Crippen LogP contribution in [0.2, 0.25) is 0 Å². The lowest BCUT2D eigenvalue weighted by atomic mass is 10.1. The monoisotopic (exact) mass is 282 g/mol. The first-order valence-electron chi connectivity index (χ1n) is 5.94. The third-order valence-corrected chi connectivity index (χ3v) is 3.70. The summed E-state index contributed by atoms with van der Waals surface area (Å²) in [5.74, 6) is 0. The van der Waals surface area contributed by atoms with Crippen molar-refractivity contribution in [2.24, 2.45) is 0 Å². The Kier molecular flexibility index (Phi) is 4.38. The number of benzene rings is 1. The zero-order valence-corrected chi connectivity index (χ0v) is 11.4. The summed E-state index contributed by atoms with van der Waals surface area (Å²) in [6.07, 6.45) is 1.17. The van der Waals surface area contributed by atoms with Crippen molar-refractivity contribution in [2.75, 3.05) is 32.7 Å². The van der Waals surface area contributed by atoms with E-state index in [-0.39, 0.29) is 0 Å². The summed E-state index contributed by atoms with van der Waals surface area (Å²) in [5.41, 5.74) is 2.87. The Hall–Kier alpha value is -0.380. The summed E-state index contributed by atoms with van der Waals surface area (Å²) in [6.45, 7) is 8.03. The summed E-state index contributed by atoms with van der Waals surface area (Å²) in [6, 6.07) is 6.58. The standard InChI is InChI=1S/C13H19BrN2/c1-11-10-13(14)3-2-12(11)4-7-16-8-5-15-6-9-16/h2-3,10,15H,4-9H2,1H3. The molecular formula is C13H19BrN2. The van der Waals surface area contributed by atoms with Crippen molar-refractivity contribution in [3.05, 3.63) is 33.8 Å². The molecule has 0 atom stereocenters. The second-order valence-electron chi connectivity index (χ2n) is 4.41. The Morgan fingerprint density at radius 1 is 1.31 bits per heavy atom. The second kappa shape index (κ2) is 5.80. The molecule has 0 unspecified atom stereocenters. The molecule has 1 aromatic rings. The van der Waals surface area contributed by atoms with E-state index < -0.39 is 0 Å². The Morgan fingerprint density at radius 2 is 2.06 bits per heavy atom. The highest BCUT2D eigenvalue weighted by atomic mass is 79.9. The lowest BCUT2D eigenvalue weighted by Crippen LogP contribution is -2.44. The van der Waals surface area contributed by atoms with Gasteiger partial charge in [-0.05, 0) is 36.6 Å². The third-order valence-electron chi connectivity index (χ3n) is 3.21. The van der Waals surface area contributed by atoms with Crippen LogP contribution in [0.4, 0.5) is 0 Å². The molecule has 88 valence electrons. The number of aryl methyl sites for hydroxylation is 1. The maximum Gasteiger partial charge on any atom is 0.0178 e. The Balaban J connectivity index is 1.88. The van der Waals surface area contributed by atoms with Gasteiger partial charge in [0.05, 0.1) is 0 Å². The van der Waals surface area contributed by atoms with Crippen molar-refractivity contribution < 1.29 is 0 Å². The van der Waals surface area contributed by atoms with Crippen LogP contribution in [0.5, 0.6) is 0 Å². The minimum absolute atomic E-state index is 1.14. The van der Waals surface area contributed by atoms with Gasteiger partial charge < -0.3 is 10.2 Å². The maximum atomic E-state index is 3.51. The number of nitrogens with one attached hydrogen (secondary N) is 1. The number of piperazine rings is 1. The summed E-state index contributed by atoms with van der Waals surface area (Å²) in [4.78, 5) is 2.54. The number of nitrogens with zero attached hydrogens (tertiary/aromatic N) is 1. The fraction of sp³-hybridized carbons (Fsp3) is 0.538. The van der Waals surface area contributed by atoms with Gasteiger partial charge in [0.2, 0.25) is 0 Å². The quantitative estimate of drug-likeness (QED) is 0.915. The highest BCUT2D eigenvalue weighted by Crippen LogP contribution is 2.16. The Morgan fingerprint density at radius 3 is 2.75 bits per heavy atom. The molecule has 1 aromatic carbocycles. The number of hydrogen-bond donors (Lipinski definition) is 1. The summed E-state index contributed by atoms with van der Waals surface area (Å²) >= 11 is 3.51. The van der Waals surface area contributed by atoms with E-state index in [1.165, 1.54) is 41.7 Å². The van der Waals surface area contributed by atoms with Crippen LogP contribution in [0.3, 0.4) is 0 Å².